The third-order valence-electron chi connectivity index (χ3n) is 5.08. The van der Waals surface area contributed by atoms with Gasteiger partial charge < -0.3 is 15.2 Å². The number of aromatic nitrogens is 2. The number of hydrogen-bond donors (Lipinski definition) is 2. The van der Waals surface area contributed by atoms with Crippen LogP contribution in [0.15, 0.2) is 53.3 Å². The molecule has 7 heteroatoms. The van der Waals surface area contributed by atoms with Crippen molar-refractivity contribution in [1.29, 1.82) is 0 Å². The van der Waals surface area contributed by atoms with E-state index in [9.17, 15) is 14.0 Å². The molecule has 1 atom stereocenters. The number of fused-ring (bicyclic) bond motifs is 1. The number of nitrogens with one attached hydrogen (secondary N) is 2. The van der Waals surface area contributed by atoms with Gasteiger partial charge in [0, 0.05) is 25.2 Å². The number of aromatic amines is 1. The molecule has 1 amide bonds. The van der Waals surface area contributed by atoms with Gasteiger partial charge in [0.15, 0.2) is 5.82 Å². The van der Waals surface area contributed by atoms with E-state index in [0.717, 1.165) is 12.8 Å². The fraction of sp³-hybridized carbons (Fsp3) is 0.286. The van der Waals surface area contributed by atoms with Crippen molar-refractivity contribution in [3.8, 4) is 0 Å². The van der Waals surface area contributed by atoms with Gasteiger partial charge in [-0.15, -0.1) is 0 Å². The summed E-state index contributed by atoms with van der Waals surface area (Å²) in [7, 11) is 0. The summed E-state index contributed by atoms with van der Waals surface area (Å²) < 4.78 is 13.7. The highest BCUT2D eigenvalue weighted by Gasteiger charge is 2.28. The summed E-state index contributed by atoms with van der Waals surface area (Å²) >= 11 is 0. The quantitative estimate of drug-likeness (QED) is 0.729. The van der Waals surface area contributed by atoms with Crippen LogP contribution in [0.2, 0.25) is 0 Å². The van der Waals surface area contributed by atoms with Crippen LogP contribution in [0.1, 0.15) is 18.4 Å². The summed E-state index contributed by atoms with van der Waals surface area (Å²) in [5.41, 5.74) is 1.60. The maximum absolute atomic E-state index is 13.7. The second-order valence-electron chi connectivity index (χ2n) is 7.00. The SMILES string of the molecule is O=C(NCc1ccccc1F)C1CCCN(c2nc3ccccc3[nH]c2=O)C1. The third-order valence-corrected chi connectivity index (χ3v) is 5.08. The van der Waals surface area contributed by atoms with Crippen LogP contribution in [0.5, 0.6) is 0 Å². The standard InChI is InChI=1S/C21H21FN4O2/c22-16-8-2-1-6-14(16)12-23-20(27)15-7-5-11-26(13-15)19-21(28)25-18-10-4-3-9-17(18)24-19/h1-4,6,8-10,15H,5,7,11-13H2,(H,23,27)(H,25,28). The molecule has 4 rings (SSSR count). The van der Waals surface area contributed by atoms with E-state index >= 15 is 0 Å². The Morgan fingerprint density at radius 1 is 1.21 bits per heavy atom. The number of carbonyl (C=O) groups excluding carboxylic acids is 1. The monoisotopic (exact) mass is 380 g/mol. The normalized spacial score (nSPS) is 16.9. The second-order valence-corrected chi connectivity index (χ2v) is 7.00. The summed E-state index contributed by atoms with van der Waals surface area (Å²) in [5, 5.41) is 2.81. The van der Waals surface area contributed by atoms with E-state index in [4.69, 9.17) is 0 Å². The van der Waals surface area contributed by atoms with Crippen molar-refractivity contribution >= 4 is 22.8 Å². The number of hydrogen-bond acceptors (Lipinski definition) is 4. The van der Waals surface area contributed by atoms with Gasteiger partial charge in [-0.1, -0.05) is 30.3 Å². The van der Waals surface area contributed by atoms with E-state index in [1.54, 1.807) is 18.2 Å². The zero-order chi connectivity index (χ0) is 19.5. The molecule has 0 radical (unpaired) electrons. The largest absolute Gasteiger partial charge is 0.352 e. The molecule has 1 aliphatic rings. The van der Waals surface area contributed by atoms with Gasteiger partial charge in [-0.2, -0.15) is 0 Å². The lowest BCUT2D eigenvalue weighted by Crippen LogP contribution is -2.45. The molecule has 0 saturated carbocycles. The minimum absolute atomic E-state index is 0.134. The van der Waals surface area contributed by atoms with E-state index < -0.39 is 0 Å². The summed E-state index contributed by atoms with van der Waals surface area (Å²) in [5.74, 6) is -0.399. The molecule has 1 fully saturated rings. The molecule has 0 aliphatic carbocycles. The molecule has 3 aromatic rings. The molecular weight excluding hydrogens is 359 g/mol. The lowest BCUT2D eigenvalue weighted by atomic mass is 9.97. The number of anilines is 1. The minimum Gasteiger partial charge on any atom is -0.352 e. The Balaban J connectivity index is 1.47. The average molecular weight is 380 g/mol. The van der Waals surface area contributed by atoms with Crippen molar-refractivity contribution in [2.24, 2.45) is 5.92 Å². The predicted molar refractivity (Wildman–Crippen MR) is 106 cm³/mol. The van der Waals surface area contributed by atoms with E-state index in [0.29, 0.717) is 35.5 Å². The number of benzene rings is 2. The zero-order valence-electron chi connectivity index (χ0n) is 15.3. The second kappa shape index (κ2) is 7.80. The van der Waals surface area contributed by atoms with Crippen molar-refractivity contribution in [2.45, 2.75) is 19.4 Å². The van der Waals surface area contributed by atoms with Crippen LogP contribution >= 0.6 is 0 Å². The molecule has 1 aromatic heterocycles. The summed E-state index contributed by atoms with van der Waals surface area (Å²) in [6.45, 7) is 1.24. The maximum Gasteiger partial charge on any atom is 0.291 e. The number of para-hydroxylation sites is 2. The number of amides is 1. The van der Waals surface area contributed by atoms with Crippen molar-refractivity contribution in [2.75, 3.05) is 18.0 Å². The van der Waals surface area contributed by atoms with Crippen LogP contribution in [0.25, 0.3) is 11.0 Å². The molecule has 144 valence electrons. The number of nitrogens with zero attached hydrogens (tertiary/aromatic N) is 2. The van der Waals surface area contributed by atoms with Gasteiger partial charge in [0.2, 0.25) is 5.91 Å². The number of halogens is 1. The van der Waals surface area contributed by atoms with Gasteiger partial charge in [0.1, 0.15) is 5.82 Å². The van der Waals surface area contributed by atoms with E-state index in [2.05, 4.69) is 15.3 Å². The lowest BCUT2D eigenvalue weighted by molar-refractivity contribution is -0.125. The maximum atomic E-state index is 13.7. The smallest absolute Gasteiger partial charge is 0.291 e. The summed E-state index contributed by atoms with van der Waals surface area (Å²) in [6.07, 6.45) is 1.51. The first-order chi connectivity index (χ1) is 13.6. The number of carbonyl (C=O) groups is 1. The van der Waals surface area contributed by atoms with Crippen LogP contribution in [0.4, 0.5) is 10.2 Å². The van der Waals surface area contributed by atoms with Crippen LogP contribution in [0, 0.1) is 11.7 Å². The highest BCUT2D eigenvalue weighted by atomic mass is 19.1. The Morgan fingerprint density at radius 2 is 2.00 bits per heavy atom. The third kappa shape index (κ3) is 3.74. The molecular formula is C21H21FN4O2. The zero-order valence-corrected chi connectivity index (χ0v) is 15.3. The van der Waals surface area contributed by atoms with Gasteiger partial charge in [-0.05, 0) is 31.0 Å². The molecule has 2 N–H and O–H groups in total. The molecule has 1 unspecified atom stereocenters. The van der Waals surface area contributed by atoms with Crippen molar-refractivity contribution in [3.63, 3.8) is 0 Å². The van der Waals surface area contributed by atoms with Crippen LogP contribution in [-0.4, -0.2) is 29.0 Å². The van der Waals surface area contributed by atoms with Crippen molar-refractivity contribution in [3.05, 3.63) is 70.3 Å². The number of piperidine rings is 1. The van der Waals surface area contributed by atoms with Crippen LogP contribution in [0.3, 0.4) is 0 Å². The Kier molecular flexibility index (Phi) is 5.06. The van der Waals surface area contributed by atoms with Gasteiger partial charge >= 0.3 is 0 Å². The van der Waals surface area contributed by atoms with Crippen LogP contribution in [-0.2, 0) is 11.3 Å². The molecule has 0 bridgehead atoms. The topological polar surface area (TPSA) is 78.1 Å². The number of rotatable bonds is 4. The first kappa shape index (κ1) is 18.2. The first-order valence-corrected chi connectivity index (χ1v) is 9.37. The molecule has 2 aromatic carbocycles. The Morgan fingerprint density at radius 3 is 2.86 bits per heavy atom. The van der Waals surface area contributed by atoms with Crippen molar-refractivity contribution in [1.82, 2.24) is 15.3 Å². The molecule has 0 spiro atoms. The summed E-state index contributed by atoms with van der Waals surface area (Å²) in [4.78, 5) is 34.3. The molecule has 2 heterocycles. The average Bonchev–Trinajstić information content (AvgIpc) is 2.72. The van der Waals surface area contributed by atoms with Gasteiger partial charge in [0.05, 0.1) is 17.0 Å². The Hall–Kier alpha value is -3.22. The highest BCUT2D eigenvalue weighted by molar-refractivity contribution is 5.80. The highest BCUT2D eigenvalue weighted by Crippen LogP contribution is 2.21. The molecule has 28 heavy (non-hydrogen) atoms. The Bertz CT molecular complexity index is 1070. The van der Waals surface area contributed by atoms with Crippen LogP contribution < -0.4 is 15.8 Å². The predicted octanol–water partition coefficient (Wildman–Crippen LogP) is 2.60. The molecule has 6 nitrogen and oxygen atoms in total. The number of H-pyrrole nitrogens is 1. The Labute approximate surface area is 161 Å². The first-order valence-electron chi connectivity index (χ1n) is 9.37. The van der Waals surface area contributed by atoms with E-state index in [1.165, 1.54) is 6.07 Å². The van der Waals surface area contributed by atoms with E-state index in [1.807, 2.05) is 29.2 Å². The van der Waals surface area contributed by atoms with Gasteiger partial charge in [-0.3, -0.25) is 9.59 Å². The fourth-order valence-electron chi connectivity index (χ4n) is 3.59. The fourth-order valence-corrected chi connectivity index (χ4v) is 3.59. The van der Waals surface area contributed by atoms with E-state index in [-0.39, 0.29) is 29.7 Å². The van der Waals surface area contributed by atoms with Gasteiger partial charge in [0.25, 0.3) is 5.56 Å². The molecule has 1 aliphatic heterocycles. The van der Waals surface area contributed by atoms with Crippen molar-refractivity contribution < 1.29 is 9.18 Å². The lowest BCUT2D eigenvalue weighted by Gasteiger charge is -2.32. The molecule has 1 saturated heterocycles. The minimum atomic E-state index is -0.333. The summed E-state index contributed by atoms with van der Waals surface area (Å²) in [6, 6.07) is 13.8. The van der Waals surface area contributed by atoms with Gasteiger partial charge in [-0.25, -0.2) is 9.37 Å².